The minimum atomic E-state index is -0.593. The smallest absolute Gasteiger partial charge is 0.246 e. The van der Waals surface area contributed by atoms with Gasteiger partial charge in [-0.3, -0.25) is 0 Å². The summed E-state index contributed by atoms with van der Waals surface area (Å²) in [5, 5.41) is 15.8. The molecule has 3 rings (SSSR count). The van der Waals surface area contributed by atoms with Crippen LogP contribution in [0.1, 0.15) is 46.0 Å². The number of hydrogen-bond acceptors (Lipinski definition) is 6. The van der Waals surface area contributed by atoms with E-state index in [1.807, 2.05) is 52.8 Å². The van der Waals surface area contributed by atoms with E-state index in [4.69, 9.17) is 9.47 Å². The average Bonchev–Trinajstić information content (AvgIpc) is 3.00. The molecule has 1 aliphatic rings. The van der Waals surface area contributed by atoms with Crippen LogP contribution in [0.3, 0.4) is 0 Å². The van der Waals surface area contributed by atoms with E-state index < -0.39 is 5.79 Å². The lowest BCUT2D eigenvalue weighted by molar-refractivity contribution is -0.0431. The van der Waals surface area contributed by atoms with Gasteiger partial charge in [0.25, 0.3) is 0 Å². The summed E-state index contributed by atoms with van der Waals surface area (Å²) in [7, 11) is 0. The van der Waals surface area contributed by atoms with Gasteiger partial charge in [-0.1, -0.05) is 6.07 Å². The molecular formula is C16H23N5O2. The monoisotopic (exact) mass is 317 g/mol. The zero-order chi connectivity index (χ0) is 16.7. The second-order valence-electron chi connectivity index (χ2n) is 7.15. The summed E-state index contributed by atoms with van der Waals surface area (Å²) in [5.41, 5.74) is 0.961. The number of ether oxygens (including phenoxy) is 2. The number of fused-ring (bicyclic) bond motifs is 1. The van der Waals surface area contributed by atoms with Crippen LogP contribution in [0.25, 0.3) is 0 Å². The molecule has 0 saturated heterocycles. The van der Waals surface area contributed by atoms with Crippen LogP contribution in [0.4, 0.5) is 0 Å². The van der Waals surface area contributed by atoms with Gasteiger partial charge in [0.05, 0.1) is 12.1 Å². The fourth-order valence-corrected chi connectivity index (χ4v) is 2.29. The van der Waals surface area contributed by atoms with E-state index in [9.17, 15) is 0 Å². The molecule has 0 atom stereocenters. The third kappa shape index (κ3) is 3.61. The van der Waals surface area contributed by atoms with E-state index in [1.165, 1.54) is 0 Å². The van der Waals surface area contributed by atoms with Gasteiger partial charge in [-0.15, -0.1) is 10.2 Å². The molecule has 0 amide bonds. The molecule has 1 aliphatic heterocycles. The Morgan fingerprint density at radius 1 is 1.13 bits per heavy atom. The molecule has 2 aromatic rings. The lowest BCUT2D eigenvalue weighted by Crippen LogP contribution is -2.29. The van der Waals surface area contributed by atoms with Crippen LogP contribution in [-0.4, -0.2) is 26.0 Å². The maximum Gasteiger partial charge on any atom is 0.246 e. The largest absolute Gasteiger partial charge is 0.449 e. The Hall–Kier alpha value is -2.15. The van der Waals surface area contributed by atoms with Crippen molar-refractivity contribution in [2.24, 2.45) is 0 Å². The summed E-state index contributed by atoms with van der Waals surface area (Å²) in [6.45, 7) is 11.2. The molecule has 1 N–H and O–H groups in total. The zero-order valence-corrected chi connectivity index (χ0v) is 14.3. The molecule has 0 bridgehead atoms. The van der Waals surface area contributed by atoms with Gasteiger partial charge in [0.2, 0.25) is 5.79 Å². The first-order valence-corrected chi connectivity index (χ1v) is 7.74. The highest BCUT2D eigenvalue weighted by molar-refractivity contribution is 5.45. The van der Waals surface area contributed by atoms with Crippen LogP contribution < -0.4 is 14.8 Å². The molecule has 7 heteroatoms. The van der Waals surface area contributed by atoms with Crippen LogP contribution in [-0.2, 0) is 18.6 Å². The van der Waals surface area contributed by atoms with Crippen molar-refractivity contribution in [2.45, 2.75) is 59.0 Å². The minimum absolute atomic E-state index is 0.157. The number of hydrogen-bond donors (Lipinski definition) is 1. The van der Waals surface area contributed by atoms with Gasteiger partial charge in [0, 0.05) is 20.4 Å². The second-order valence-corrected chi connectivity index (χ2v) is 7.15. The van der Waals surface area contributed by atoms with Gasteiger partial charge in [0.15, 0.2) is 17.3 Å². The molecule has 0 saturated carbocycles. The van der Waals surface area contributed by atoms with Gasteiger partial charge >= 0.3 is 0 Å². The summed E-state index contributed by atoms with van der Waals surface area (Å²) >= 11 is 0. The molecule has 0 fully saturated rings. The number of rotatable bonds is 4. The second kappa shape index (κ2) is 5.49. The normalized spacial score (nSPS) is 15.9. The van der Waals surface area contributed by atoms with Crippen molar-refractivity contribution in [1.82, 2.24) is 25.5 Å². The Morgan fingerprint density at radius 2 is 1.87 bits per heavy atom. The topological polar surface area (TPSA) is 74.1 Å². The predicted molar refractivity (Wildman–Crippen MR) is 85.1 cm³/mol. The maximum absolute atomic E-state index is 5.75. The first-order valence-electron chi connectivity index (χ1n) is 7.74. The lowest BCUT2D eigenvalue weighted by atomic mass is 10.1. The number of benzene rings is 1. The molecule has 1 aromatic carbocycles. The van der Waals surface area contributed by atoms with E-state index in [0.717, 1.165) is 17.1 Å². The summed E-state index contributed by atoms with van der Waals surface area (Å²) in [4.78, 5) is 1.63. The Labute approximate surface area is 136 Å². The van der Waals surface area contributed by atoms with Crippen molar-refractivity contribution < 1.29 is 9.47 Å². The van der Waals surface area contributed by atoms with E-state index in [0.29, 0.717) is 18.9 Å². The van der Waals surface area contributed by atoms with Crippen LogP contribution >= 0.6 is 0 Å². The van der Waals surface area contributed by atoms with Crippen molar-refractivity contribution in [3.63, 3.8) is 0 Å². The van der Waals surface area contributed by atoms with Crippen LogP contribution in [0.5, 0.6) is 11.5 Å². The molecular weight excluding hydrogens is 294 g/mol. The quantitative estimate of drug-likeness (QED) is 0.932. The van der Waals surface area contributed by atoms with Crippen molar-refractivity contribution >= 4 is 0 Å². The SMILES string of the molecule is CC1(C)Oc2ccc(CNCc3nnn(C(C)(C)C)n3)cc2O1. The van der Waals surface area contributed by atoms with Crippen molar-refractivity contribution in [3.8, 4) is 11.5 Å². The number of aromatic nitrogens is 4. The highest BCUT2D eigenvalue weighted by atomic mass is 16.7. The Morgan fingerprint density at radius 3 is 2.57 bits per heavy atom. The number of nitrogens with zero attached hydrogens (tertiary/aromatic N) is 4. The van der Waals surface area contributed by atoms with Gasteiger partial charge in [0.1, 0.15) is 0 Å². The predicted octanol–water partition coefficient (Wildman–Crippen LogP) is 2.23. The number of tetrazole rings is 1. The lowest BCUT2D eigenvalue weighted by Gasteiger charge is -2.16. The molecule has 23 heavy (non-hydrogen) atoms. The summed E-state index contributed by atoms with van der Waals surface area (Å²) in [5.74, 6) is 1.66. The zero-order valence-electron chi connectivity index (χ0n) is 14.3. The van der Waals surface area contributed by atoms with E-state index >= 15 is 0 Å². The van der Waals surface area contributed by atoms with Gasteiger partial charge in [-0.2, -0.15) is 4.80 Å². The highest BCUT2D eigenvalue weighted by Crippen LogP contribution is 2.39. The Balaban J connectivity index is 1.57. The Kier molecular flexibility index (Phi) is 3.75. The molecule has 1 aromatic heterocycles. The molecule has 7 nitrogen and oxygen atoms in total. The van der Waals surface area contributed by atoms with Gasteiger partial charge in [-0.25, -0.2) is 0 Å². The van der Waals surface area contributed by atoms with E-state index in [-0.39, 0.29) is 5.54 Å². The summed E-state index contributed by atoms with van der Waals surface area (Å²) in [6, 6.07) is 5.96. The highest BCUT2D eigenvalue weighted by Gasteiger charge is 2.31. The first kappa shape index (κ1) is 15.7. The molecule has 124 valence electrons. The summed E-state index contributed by atoms with van der Waals surface area (Å²) < 4.78 is 11.4. The Bertz CT molecular complexity index is 703. The summed E-state index contributed by atoms with van der Waals surface area (Å²) in [6.07, 6.45) is 0. The standard InChI is InChI=1S/C16H23N5O2/c1-15(2,3)21-19-14(18-20-21)10-17-9-11-6-7-12-13(8-11)23-16(4,5)22-12/h6-8,17H,9-10H2,1-5H3. The van der Waals surface area contributed by atoms with Crippen molar-refractivity contribution in [1.29, 1.82) is 0 Å². The molecule has 2 heterocycles. The van der Waals surface area contributed by atoms with Crippen LogP contribution in [0.15, 0.2) is 18.2 Å². The van der Waals surface area contributed by atoms with E-state index in [2.05, 4.69) is 20.7 Å². The third-order valence-corrected chi connectivity index (χ3v) is 3.39. The fourth-order valence-electron chi connectivity index (χ4n) is 2.29. The van der Waals surface area contributed by atoms with Gasteiger partial charge in [-0.05, 0) is 43.7 Å². The van der Waals surface area contributed by atoms with Crippen molar-refractivity contribution in [3.05, 3.63) is 29.6 Å². The molecule has 0 spiro atoms. The fraction of sp³-hybridized carbons (Fsp3) is 0.562. The van der Waals surface area contributed by atoms with Crippen LogP contribution in [0.2, 0.25) is 0 Å². The molecule has 0 aliphatic carbocycles. The minimum Gasteiger partial charge on any atom is -0.449 e. The molecule has 0 unspecified atom stereocenters. The average molecular weight is 317 g/mol. The maximum atomic E-state index is 5.75. The molecule has 0 radical (unpaired) electrons. The van der Waals surface area contributed by atoms with Gasteiger partial charge < -0.3 is 14.8 Å². The van der Waals surface area contributed by atoms with E-state index in [1.54, 1.807) is 4.80 Å². The van der Waals surface area contributed by atoms with Crippen LogP contribution in [0, 0.1) is 0 Å². The third-order valence-electron chi connectivity index (χ3n) is 3.39. The van der Waals surface area contributed by atoms with Crippen molar-refractivity contribution in [2.75, 3.05) is 0 Å². The number of nitrogens with one attached hydrogen (secondary N) is 1. The first-order chi connectivity index (χ1) is 10.7.